The van der Waals surface area contributed by atoms with Crippen LogP contribution < -0.4 is 10.1 Å². The van der Waals surface area contributed by atoms with E-state index in [-0.39, 0.29) is 5.91 Å². The summed E-state index contributed by atoms with van der Waals surface area (Å²) in [5.74, 6) is 3.08. The number of methoxy groups -OCH3 is 1. The van der Waals surface area contributed by atoms with Crippen molar-refractivity contribution in [2.45, 2.75) is 6.54 Å². The van der Waals surface area contributed by atoms with Gasteiger partial charge in [-0.1, -0.05) is 5.21 Å². The van der Waals surface area contributed by atoms with Gasteiger partial charge in [0.2, 0.25) is 5.88 Å². The standard InChI is InChI=1S/C14H19N7O2S/c1-23-13-8-12(16-10-17-13)15-2-3-21-9-11(18-19-21)14(22)20-4-6-24-7-5-20/h8-10H,2-7H2,1H3,(H,15,16,17). The number of ether oxygens (including phenoxy) is 1. The van der Waals surface area contributed by atoms with Crippen molar-refractivity contribution in [2.24, 2.45) is 0 Å². The fraction of sp³-hybridized carbons (Fsp3) is 0.500. The van der Waals surface area contributed by atoms with Crippen LogP contribution in [0.4, 0.5) is 5.82 Å². The van der Waals surface area contributed by atoms with Crippen LogP contribution in [-0.4, -0.2) is 74.0 Å². The van der Waals surface area contributed by atoms with Gasteiger partial charge in [0.15, 0.2) is 5.69 Å². The number of rotatable bonds is 6. The molecule has 0 radical (unpaired) electrons. The highest BCUT2D eigenvalue weighted by atomic mass is 32.2. The van der Waals surface area contributed by atoms with E-state index >= 15 is 0 Å². The van der Waals surface area contributed by atoms with E-state index in [1.807, 2.05) is 16.7 Å². The van der Waals surface area contributed by atoms with Crippen molar-refractivity contribution >= 4 is 23.5 Å². The predicted octanol–water partition coefficient (Wildman–Crippen LogP) is 0.378. The first kappa shape index (κ1) is 16.5. The summed E-state index contributed by atoms with van der Waals surface area (Å²) in [4.78, 5) is 22.2. The van der Waals surface area contributed by atoms with Gasteiger partial charge >= 0.3 is 0 Å². The van der Waals surface area contributed by atoms with Gasteiger partial charge in [-0.25, -0.2) is 14.6 Å². The van der Waals surface area contributed by atoms with E-state index in [4.69, 9.17) is 4.74 Å². The Kier molecular flexibility index (Phi) is 5.47. The average molecular weight is 349 g/mol. The Morgan fingerprint density at radius 2 is 2.21 bits per heavy atom. The van der Waals surface area contributed by atoms with E-state index in [9.17, 15) is 4.79 Å². The molecule has 0 atom stereocenters. The molecule has 0 saturated carbocycles. The van der Waals surface area contributed by atoms with Gasteiger partial charge in [0.25, 0.3) is 5.91 Å². The molecule has 128 valence electrons. The van der Waals surface area contributed by atoms with Gasteiger partial charge in [0, 0.05) is 37.2 Å². The summed E-state index contributed by atoms with van der Waals surface area (Å²) in [5.41, 5.74) is 0.394. The van der Waals surface area contributed by atoms with Crippen LogP contribution in [-0.2, 0) is 6.54 Å². The smallest absolute Gasteiger partial charge is 0.276 e. The second-order valence-electron chi connectivity index (χ2n) is 5.14. The van der Waals surface area contributed by atoms with Crippen molar-refractivity contribution in [1.82, 2.24) is 29.9 Å². The summed E-state index contributed by atoms with van der Waals surface area (Å²) in [6, 6.07) is 1.71. The van der Waals surface area contributed by atoms with Crippen molar-refractivity contribution in [3.63, 3.8) is 0 Å². The van der Waals surface area contributed by atoms with Crippen molar-refractivity contribution in [1.29, 1.82) is 0 Å². The molecule has 10 heteroatoms. The molecule has 0 aliphatic carbocycles. The summed E-state index contributed by atoms with van der Waals surface area (Å²) in [5, 5.41) is 11.2. The number of aromatic nitrogens is 5. The summed E-state index contributed by atoms with van der Waals surface area (Å²) in [7, 11) is 1.56. The lowest BCUT2D eigenvalue weighted by atomic mass is 10.3. The van der Waals surface area contributed by atoms with Gasteiger partial charge in [-0.2, -0.15) is 11.8 Å². The molecule has 24 heavy (non-hydrogen) atoms. The molecule has 0 unspecified atom stereocenters. The van der Waals surface area contributed by atoms with Crippen LogP contribution in [0, 0.1) is 0 Å². The third kappa shape index (κ3) is 4.13. The molecular weight excluding hydrogens is 330 g/mol. The zero-order valence-electron chi connectivity index (χ0n) is 13.4. The third-order valence-corrected chi connectivity index (χ3v) is 4.50. The second kappa shape index (κ2) is 7.95. The van der Waals surface area contributed by atoms with E-state index in [0.29, 0.717) is 30.5 Å². The summed E-state index contributed by atoms with van der Waals surface area (Å²) in [6.45, 7) is 2.71. The SMILES string of the molecule is COc1cc(NCCn2cc(C(=O)N3CCSCC3)nn2)ncn1. The highest BCUT2D eigenvalue weighted by molar-refractivity contribution is 7.99. The number of amides is 1. The maximum absolute atomic E-state index is 12.3. The van der Waals surface area contributed by atoms with Crippen LogP contribution >= 0.6 is 11.8 Å². The lowest BCUT2D eigenvalue weighted by molar-refractivity contribution is 0.0766. The van der Waals surface area contributed by atoms with Gasteiger partial charge in [-0.15, -0.1) is 5.10 Å². The molecule has 3 rings (SSSR count). The summed E-state index contributed by atoms with van der Waals surface area (Å²) in [6.07, 6.45) is 3.12. The van der Waals surface area contributed by atoms with Crippen LogP contribution in [0.25, 0.3) is 0 Å². The third-order valence-electron chi connectivity index (χ3n) is 3.55. The highest BCUT2D eigenvalue weighted by Crippen LogP contribution is 2.12. The normalized spacial score (nSPS) is 14.5. The minimum Gasteiger partial charge on any atom is -0.481 e. The minimum absolute atomic E-state index is 0.0463. The van der Waals surface area contributed by atoms with Crippen molar-refractivity contribution in [3.8, 4) is 5.88 Å². The highest BCUT2D eigenvalue weighted by Gasteiger charge is 2.20. The molecule has 1 aliphatic rings. The number of nitrogens with zero attached hydrogens (tertiary/aromatic N) is 6. The first-order valence-corrected chi connectivity index (χ1v) is 8.79. The molecular formula is C14H19N7O2S. The monoisotopic (exact) mass is 349 g/mol. The van der Waals surface area contributed by atoms with Crippen molar-refractivity contribution in [3.05, 3.63) is 24.3 Å². The number of nitrogens with one attached hydrogen (secondary N) is 1. The van der Waals surface area contributed by atoms with Gasteiger partial charge in [-0.05, 0) is 0 Å². The fourth-order valence-corrected chi connectivity index (χ4v) is 3.18. The van der Waals surface area contributed by atoms with E-state index in [0.717, 1.165) is 24.6 Å². The zero-order valence-corrected chi connectivity index (χ0v) is 14.2. The van der Waals surface area contributed by atoms with Gasteiger partial charge < -0.3 is 15.0 Å². The Hall–Kier alpha value is -2.36. The molecule has 0 aromatic carbocycles. The first-order chi connectivity index (χ1) is 11.8. The van der Waals surface area contributed by atoms with Crippen molar-refractivity contribution < 1.29 is 9.53 Å². The Labute approximate surface area is 143 Å². The van der Waals surface area contributed by atoms with Crippen molar-refractivity contribution in [2.75, 3.05) is 43.6 Å². The Morgan fingerprint density at radius 1 is 1.38 bits per heavy atom. The van der Waals surface area contributed by atoms with Crippen LogP contribution in [0.5, 0.6) is 5.88 Å². The van der Waals surface area contributed by atoms with Gasteiger partial charge in [0.1, 0.15) is 12.1 Å². The molecule has 9 nitrogen and oxygen atoms in total. The average Bonchev–Trinajstić information content (AvgIpc) is 3.11. The molecule has 3 heterocycles. The molecule has 2 aromatic rings. The Bertz CT molecular complexity index is 687. The molecule has 1 amide bonds. The van der Waals surface area contributed by atoms with Gasteiger partial charge in [-0.3, -0.25) is 4.79 Å². The number of carbonyl (C=O) groups excluding carboxylic acids is 1. The maximum atomic E-state index is 12.3. The fourth-order valence-electron chi connectivity index (χ4n) is 2.28. The largest absolute Gasteiger partial charge is 0.481 e. The topological polar surface area (TPSA) is 98.1 Å². The molecule has 1 N–H and O–H groups in total. The lowest BCUT2D eigenvalue weighted by Gasteiger charge is -2.25. The van der Waals surface area contributed by atoms with E-state index in [1.165, 1.54) is 6.33 Å². The molecule has 1 aliphatic heterocycles. The van der Waals surface area contributed by atoms with E-state index < -0.39 is 0 Å². The zero-order chi connectivity index (χ0) is 16.8. The molecule has 0 bridgehead atoms. The van der Waals surface area contributed by atoms with Crippen LogP contribution in [0.2, 0.25) is 0 Å². The van der Waals surface area contributed by atoms with E-state index in [1.54, 1.807) is 24.1 Å². The van der Waals surface area contributed by atoms with Crippen LogP contribution in [0.15, 0.2) is 18.6 Å². The maximum Gasteiger partial charge on any atom is 0.276 e. The Balaban J connectivity index is 1.51. The van der Waals surface area contributed by atoms with Crippen LogP contribution in [0.3, 0.4) is 0 Å². The number of hydrogen-bond donors (Lipinski definition) is 1. The first-order valence-electron chi connectivity index (χ1n) is 7.63. The number of carbonyl (C=O) groups is 1. The number of anilines is 1. The number of thioether (sulfide) groups is 1. The summed E-state index contributed by atoms with van der Waals surface area (Å²) < 4.78 is 6.69. The molecule has 0 spiro atoms. The van der Waals surface area contributed by atoms with E-state index in [2.05, 4.69) is 25.6 Å². The lowest BCUT2D eigenvalue weighted by Crippen LogP contribution is -2.38. The van der Waals surface area contributed by atoms with Gasteiger partial charge in [0.05, 0.1) is 19.9 Å². The predicted molar refractivity (Wildman–Crippen MR) is 90.3 cm³/mol. The number of hydrogen-bond acceptors (Lipinski definition) is 8. The Morgan fingerprint density at radius 3 is 3.00 bits per heavy atom. The quantitative estimate of drug-likeness (QED) is 0.799. The second-order valence-corrected chi connectivity index (χ2v) is 6.37. The van der Waals surface area contributed by atoms with Crippen LogP contribution in [0.1, 0.15) is 10.5 Å². The molecule has 1 saturated heterocycles. The summed E-state index contributed by atoms with van der Waals surface area (Å²) >= 11 is 1.87. The molecule has 2 aromatic heterocycles. The minimum atomic E-state index is -0.0463. The molecule has 1 fully saturated rings.